The van der Waals surface area contributed by atoms with E-state index in [1.807, 2.05) is 13.0 Å². The number of hydrogen-bond acceptors (Lipinski definition) is 6. The summed E-state index contributed by atoms with van der Waals surface area (Å²) >= 11 is 0. The molecule has 3 aromatic rings. The first kappa shape index (κ1) is 16.0. The van der Waals surface area contributed by atoms with Gasteiger partial charge in [-0.25, -0.2) is 4.98 Å². The molecule has 1 aliphatic carbocycles. The van der Waals surface area contributed by atoms with Crippen LogP contribution in [0.25, 0.3) is 22.4 Å². The number of ether oxygens (including phenoxy) is 1. The van der Waals surface area contributed by atoms with Crippen molar-refractivity contribution in [2.45, 2.75) is 45.1 Å². The van der Waals surface area contributed by atoms with Crippen LogP contribution in [0.1, 0.15) is 44.9 Å². The summed E-state index contributed by atoms with van der Waals surface area (Å²) in [7, 11) is 0. The highest BCUT2D eigenvalue weighted by molar-refractivity contribution is 5.99. The molecule has 1 saturated carbocycles. The average Bonchev–Trinajstić information content (AvgIpc) is 3.18. The highest BCUT2D eigenvalue weighted by Gasteiger charge is 2.28. The predicted octanol–water partition coefficient (Wildman–Crippen LogP) is 2.85. The predicted molar refractivity (Wildman–Crippen MR) is 95.4 cm³/mol. The van der Waals surface area contributed by atoms with E-state index in [-0.39, 0.29) is 6.04 Å². The second-order valence-electron chi connectivity index (χ2n) is 6.52. The average molecular weight is 341 g/mol. The maximum absolute atomic E-state index is 5.44. The van der Waals surface area contributed by atoms with Crippen LogP contribution in [-0.2, 0) is 4.74 Å². The maximum Gasteiger partial charge on any atom is 0.182 e. The van der Waals surface area contributed by atoms with Gasteiger partial charge in [0.1, 0.15) is 17.3 Å². The van der Waals surface area contributed by atoms with E-state index in [0.717, 1.165) is 47.9 Å². The van der Waals surface area contributed by atoms with Crippen molar-refractivity contribution >= 4 is 16.7 Å². The van der Waals surface area contributed by atoms with Gasteiger partial charge in [-0.15, -0.1) is 10.2 Å². The van der Waals surface area contributed by atoms with Gasteiger partial charge in [-0.2, -0.15) is 5.10 Å². The van der Waals surface area contributed by atoms with Crippen LogP contribution < -0.4 is 5.32 Å². The molecule has 1 unspecified atom stereocenters. The third kappa shape index (κ3) is 3.34. The molecule has 4 rings (SSSR count). The fraction of sp³-hybridized carbons (Fsp3) is 0.529. The van der Waals surface area contributed by atoms with Crippen molar-refractivity contribution in [1.29, 1.82) is 0 Å². The zero-order valence-corrected chi connectivity index (χ0v) is 14.5. The van der Waals surface area contributed by atoms with Crippen LogP contribution in [0.5, 0.6) is 0 Å². The van der Waals surface area contributed by atoms with Crippen molar-refractivity contribution in [2.24, 2.45) is 0 Å². The molecule has 1 fully saturated rings. The minimum atomic E-state index is 0.240. The van der Waals surface area contributed by atoms with Crippen LogP contribution in [0.3, 0.4) is 0 Å². The van der Waals surface area contributed by atoms with Gasteiger partial charge in [0.25, 0.3) is 0 Å². The SMILES string of the molecule is CCOCCC(C)Nc1nccc2[nH]nc(-c3nnc(C4CC4)[nH]3)c12. The Kier molecular flexibility index (Phi) is 4.35. The monoisotopic (exact) mass is 341 g/mol. The topological polar surface area (TPSA) is 104 Å². The lowest BCUT2D eigenvalue weighted by atomic mass is 10.2. The third-order valence-electron chi connectivity index (χ3n) is 4.45. The summed E-state index contributed by atoms with van der Waals surface area (Å²) in [5, 5.41) is 20.5. The molecule has 1 aliphatic rings. The normalized spacial score (nSPS) is 15.6. The molecule has 0 bridgehead atoms. The van der Waals surface area contributed by atoms with Gasteiger partial charge in [0.05, 0.1) is 10.9 Å². The molecular weight excluding hydrogens is 318 g/mol. The Balaban J connectivity index is 1.62. The lowest BCUT2D eigenvalue weighted by molar-refractivity contribution is 0.142. The number of H-pyrrole nitrogens is 2. The molecule has 25 heavy (non-hydrogen) atoms. The van der Waals surface area contributed by atoms with E-state index in [0.29, 0.717) is 11.7 Å². The Morgan fingerprint density at radius 3 is 3.04 bits per heavy atom. The first-order valence-corrected chi connectivity index (χ1v) is 8.86. The first-order valence-electron chi connectivity index (χ1n) is 8.86. The van der Waals surface area contributed by atoms with E-state index in [1.54, 1.807) is 6.20 Å². The minimum Gasteiger partial charge on any atom is -0.382 e. The Bertz CT molecular complexity index is 852. The molecule has 0 aromatic carbocycles. The van der Waals surface area contributed by atoms with Gasteiger partial charge in [0.2, 0.25) is 0 Å². The van der Waals surface area contributed by atoms with Gasteiger partial charge in [0.15, 0.2) is 5.82 Å². The molecule has 3 heterocycles. The Hall–Kier alpha value is -2.48. The molecular formula is C17H23N7O. The summed E-state index contributed by atoms with van der Waals surface area (Å²) in [6, 6.07) is 2.16. The molecule has 8 heteroatoms. The van der Waals surface area contributed by atoms with Gasteiger partial charge in [-0.1, -0.05) is 0 Å². The fourth-order valence-electron chi connectivity index (χ4n) is 2.88. The van der Waals surface area contributed by atoms with Crippen LogP contribution in [0, 0.1) is 0 Å². The van der Waals surface area contributed by atoms with Crippen molar-refractivity contribution in [3.8, 4) is 11.5 Å². The zero-order chi connectivity index (χ0) is 17.2. The number of aromatic nitrogens is 6. The molecule has 8 nitrogen and oxygen atoms in total. The van der Waals surface area contributed by atoms with Crippen LogP contribution in [-0.4, -0.2) is 49.6 Å². The Morgan fingerprint density at radius 2 is 2.24 bits per heavy atom. The number of hydrogen-bond donors (Lipinski definition) is 3. The van der Waals surface area contributed by atoms with E-state index in [9.17, 15) is 0 Å². The highest BCUT2D eigenvalue weighted by Crippen LogP contribution is 2.39. The summed E-state index contributed by atoms with van der Waals surface area (Å²) in [6.45, 7) is 5.59. The summed E-state index contributed by atoms with van der Waals surface area (Å²) in [6.07, 6.45) is 5.05. The van der Waals surface area contributed by atoms with Crippen LogP contribution in [0.2, 0.25) is 0 Å². The molecule has 3 N–H and O–H groups in total. The van der Waals surface area contributed by atoms with Gasteiger partial charge in [-0.05, 0) is 39.2 Å². The van der Waals surface area contributed by atoms with Gasteiger partial charge in [-0.3, -0.25) is 5.10 Å². The highest BCUT2D eigenvalue weighted by atomic mass is 16.5. The second-order valence-corrected chi connectivity index (χ2v) is 6.52. The van der Waals surface area contributed by atoms with Crippen molar-refractivity contribution < 1.29 is 4.74 Å². The molecule has 0 saturated heterocycles. The van der Waals surface area contributed by atoms with E-state index in [4.69, 9.17) is 4.74 Å². The number of nitrogens with zero attached hydrogens (tertiary/aromatic N) is 4. The number of nitrogens with one attached hydrogen (secondary N) is 3. The molecule has 3 aromatic heterocycles. The summed E-state index contributed by atoms with van der Waals surface area (Å²) in [4.78, 5) is 7.83. The number of anilines is 1. The van der Waals surface area contributed by atoms with E-state index < -0.39 is 0 Å². The molecule has 132 valence electrons. The van der Waals surface area contributed by atoms with E-state index in [1.165, 1.54) is 12.8 Å². The van der Waals surface area contributed by atoms with Crippen molar-refractivity contribution in [3.63, 3.8) is 0 Å². The number of fused-ring (bicyclic) bond motifs is 1. The van der Waals surface area contributed by atoms with Crippen LogP contribution >= 0.6 is 0 Å². The molecule has 0 spiro atoms. The van der Waals surface area contributed by atoms with Crippen molar-refractivity contribution in [3.05, 3.63) is 18.1 Å². The summed E-state index contributed by atoms with van der Waals surface area (Å²) < 4.78 is 5.44. The van der Waals surface area contributed by atoms with Crippen LogP contribution in [0.15, 0.2) is 12.3 Å². The first-order chi connectivity index (χ1) is 12.3. The largest absolute Gasteiger partial charge is 0.382 e. The number of rotatable bonds is 8. The van der Waals surface area contributed by atoms with Crippen LogP contribution in [0.4, 0.5) is 5.82 Å². The molecule has 0 amide bonds. The lowest BCUT2D eigenvalue weighted by Gasteiger charge is -2.15. The van der Waals surface area contributed by atoms with Crippen molar-refractivity contribution in [2.75, 3.05) is 18.5 Å². The molecule has 0 radical (unpaired) electrons. The minimum absolute atomic E-state index is 0.240. The van der Waals surface area contributed by atoms with Crippen molar-refractivity contribution in [1.82, 2.24) is 30.4 Å². The van der Waals surface area contributed by atoms with Gasteiger partial charge < -0.3 is 15.0 Å². The maximum atomic E-state index is 5.44. The zero-order valence-electron chi connectivity index (χ0n) is 14.5. The quantitative estimate of drug-likeness (QED) is 0.544. The smallest absolute Gasteiger partial charge is 0.182 e. The fourth-order valence-corrected chi connectivity index (χ4v) is 2.88. The van der Waals surface area contributed by atoms with E-state index >= 15 is 0 Å². The van der Waals surface area contributed by atoms with Gasteiger partial charge in [0, 0.05) is 31.4 Å². The number of aromatic amines is 2. The summed E-state index contributed by atoms with van der Waals surface area (Å²) in [5.74, 6) is 2.97. The Morgan fingerprint density at radius 1 is 1.36 bits per heavy atom. The van der Waals surface area contributed by atoms with E-state index in [2.05, 4.69) is 42.6 Å². The molecule has 1 atom stereocenters. The second kappa shape index (κ2) is 6.79. The Labute approximate surface area is 145 Å². The summed E-state index contributed by atoms with van der Waals surface area (Å²) in [5.41, 5.74) is 1.68. The standard InChI is InChI=1S/C17H23N7O/c1-3-25-9-7-10(2)19-16-13-12(6-8-18-16)21-22-14(13)17-20-15(23-24-17)11-4-5-11/h6,8,10-11H,3-5,7,9H2,1-2H3,(H,18,19)(H,21,22)(H,20,23,24). The lowest BCUT2D eigenvalue weighted by Crippen LogP contribution is -2.18. The molecule has 0 aliphatic heterocycles. The van der Waals surface area contributed by atoms with Gasteiger partial charge >= 0.3 is 0 Å². The number of pyridine rings is 1. The third-order valence-corrected chi connectivity index (χ3v) is 4.45.